The Morgan fingerprint density at radius 3 is 2.71 bits per heavy atom. The smallest absolute Gasteiger partial charge is 0.325 e. The highest BCUT2D eigenvalue weighted by Gasteiger charge is 2.22. The van der Waals surface area contributed by atoms with E-state index >= 15 is 0 Å². The fraction of sp³-hybridized carbons (Fsp3) is 0.692. The van der Waals surface area contributed by atoms with E-state index in [2.05, 4.69) is 16.7 Å². The van der Waals surface area contributed by atoms with Gasteiger partial charge in [-0.1, -0.05) is 19.8 Å². The van der Waals surface area contributed by atoms with Crippen LogP contribution in [0, 0.1) is 11.8 Å². The molecule has 0 bridgehead atoms. The first-order chi connectivity index (χ1) is 9.87. The molecular formula is C13H21N3O4S. The molecule has 0 amide bonds. The molecule has 21 heavy (non-hydrogen) atoms. The van der Waals surface area contributed by atoms with Gasteiger partial charge in [-0.3, -0.25) is 9.48 Å². The van der Waals surface area contributed by atoms with Gasteiger partial charge in [0, 0.05) is 12.7 Å². The van der Waals surface area contributed by atoms with Crippen molar-refractivity contribution in [1.29, 1.82) is 0 Å². The zero-order valence-electron chi connectivity index (χ0n) is 12.0. The molecule has 0 atom stereocenters. The highest BCUT2D eigenvalue weighted by Crippen LogP contribution is 2.27. The van der Waals surface area contributed by atoms with E-state index in [0.29, 0.717) is 12.5 Å². The molecule has 2 rings (SSSR count). The van der Waals surface area contributed by atoms with E-state index in [1.165, 1.54) is 12.4 Å². The van der Waals surface area contributed by atoms with Crippen molar-refractivity contribution in [2.45, 2.75) is 44.0 Å². The van der Waals surface area contributed by atoms with Crippen LogP contribution in [0.5, 0.6) is 0 Å². The predicted octanol–water partition coefficient (Wildman–Crippen LogP) is 1.07. The van der Waals surface area contributed by atoms with Crippen molar-refractivity contribution in [2.24, 2.45) is 11.8 Å². The summed E-state index contributed by atoms with van der Waals surface area (Å²) in [6, 6.07) is 0. The van der Waals surface area contributed by atoms with Gasteiger partial charge in [0.1, 0.15) is 11.4 Å². The molecule has 1 aromatic heterocycles. The summed E-state index contributed by atoms with van der Waals surface area (Å²) < 4.78 is 27.9. The van der Waals surface area contributed by atoms with Crippen molar-refractivity contribution in [3.05, 3.63) is 12.4 Å². The number of carboxylic acids is 1. The lowest BCUT2D eigenvalue weighted by Gasteiger charge is -2.26. The van der Waals surface area contributed by atoms with Crippen molar-refractivity contribution in [2.75, 3.05) is 6.54 Å². The third-order valence-corrected chi connectivity index (χ3v) is 5.29. The van der Waals surface area contributed by atoms with E-state index in [0.717, 1.165) is 36.3 Å². The van der Waals surface area contributed by atoms with Gasteiger partial charge in [-0.2, -0.15) is 5.10 Å². The van der Waals surface area contributed by atoms with Gasteiger partial charge < -0.3 is 5.11 Å². The van der Waals surface area contributed by atoms with Crippen molar-refractivity contribution < 1.29 is 18.3 Å². The van der Waals surface area contributed by atoms with E-state index < -0.39 is 16.0 Å². The van der Waals surface area contributed by atoms with E-state index in [9.17, 15) is 13.2 Å². The lowest BCUT2D eigenvalue weighted by molar-refractivity contribution is -0.137. The Bertz CT molecular complexity index is 588. The number of hydrogen-bond acceptors (Lipinski definition) is 4. The zero-order chi connectivity index (χ0) is 15.5. The summed E-state index contributed by atoms with van der Waals surface area (Å²) >= 11 is 0. The second kappa shape index (κ2) is 6.57. The number of carbonyl (C=O) groups is 1. The Hall–Kier alpha value is -1.41. The number of aliphatic carboxylic acids is 1. The summed E-state index contributed by atoms with van der Waals surface area (Å²) in [6.45, 7) is 2.30. The molecule has 8 heteroatoms. The monoisotopic (exact) mass is 315 g/mol. The van der Waals surface area contributed by atoms with Crippen LogP contribution in [-0.2, 0) is 21.4 Å². The van der Waals surface area contributed by atoms with Gasteiger partial charge in [-0.05, 0) is 24.7 Å². The predicted molar refractivity (Wildman–Crippen MR) is 76.2 cm³/mol. The van der Waals surface area contributed by atoms with Crippen molar-refractivity contribution >= 4 is 16.0 Å². The lowest BCUT2D eigenvalue weighted by atomic mass is 9.83. The van der Waals surface area contributed by atoms with Crippen LogP contribution in [-0.4, -0.2) is 35.8 Å². The molecule has 1 aliphatic carbocycles. The molecule has 0 saturated heterocycles. The number of sulfonamides is 1. The summed E-state index contributed by atoms with van der Waals surface area (Å²) in [5.74, 6) is 0.0449. The molecule has 7 nitrogen and oxygen atoms in total. The van der Waals surface area contributed by atoms with Crippen molar-refractivity contribution in [1.82, 2.24) is 14.5 Å². The topological polar surface area (TPSA) is 101 Å². The Morgan fingerprint density at radius 1 is 1.43 bits per heavy atom. The molecule has 1 aromatic rings. The normalized spacial score (nSPS) is 23.1. The van der Waals surface area contributed by atoms with Gasteiger partial charge in [0.2, 0.25) is 10.0 Å². The molecule has 1 heterocycles. The van der Waals surface area contributed by atoms with Gasteiger partial charge in [0.15, 0.2) is 0 Å². The van der Waals surface area contributed by atoms with Gasteiger partial charge >= 0.3 is 5.97 Å². The third kappa shape index (κ3) is 4.53. The second-order valence-electron chi connectivity index (χ2n) is 5.75. The highest BCUT2D eigenvalue weighted by atomic mass is 32.2. The van der Waals surface area contributed by atoms with Crippen LogP contribution in [0.1, 0.15) is 32.6 Å². The SMILES string of the molecule is CC1CCC(CNS(=O)(=O)c2cnn(CC(=O)O)c2)CC1. The Labute approximate surface area is 124 Å². The second-order valence-corrected chi connectivity index (χ2v) is 7.51. The van der Waals surface area contributed by atoms with E-state index in [1.807, 2.05) is 0 Å². The van der Waals surface area contributed by atoms with Crippen LogP contribution in [0.15, 0.2) is 17.3 Å². The number of nitrogens with zero attached hydrogens (tertiary/aromatic N) is 2. The van der Waals surface area contributed by atoms with Crippen LogP contribution < -0.4 is 4.72 Å². The van der Waals surface area contributed by atoms with Crippen molar-refractivity contribution in [3.63, 3.8) is 0 Å². The Morgan fingerprint density at radius 2 is 2.10 bits per heavy atom. The molecular weight excluding hydrogens is 294 g/mol. The summed E-state index contributed by atoms with van der Waals surface area (Å²) in [7, 11) is -3.61. The number of nitrogens with one attached hydrogen (secondary N) is 1. The average Bonchev–Trinajstić information content (AvgIpc) is 2.86. The minimum atomic E-state index is -3.61. The maximum Gasteiger partial charge on any atom is 0.325 e. The molecule has 118 valence electrons. The van der Waals surface area contributed by atoms with E-state index in [4.69, 9.17) is 5.11 Å². The number of carboxylic acid groups (broad SMARTS) is 1. The molecule has 0 spiro atoms. The number of rotatable bonds is 6. The fourth-order valence-corrected chi connectivity index (χ4v) is 3.62. The minimum Gasteiger partial charge on any atom is -0.480 e. The fourth-order valence-electron chi connectivity index (χ4n) is 2.55. The number of aromatic nitrogens is 2. The van der Waals surface area contributed by atoms with Gasteiger partial charge in [0.05, 0.1) is 6.20 Å². The molecule has 1 saturated carbocycles. The highest BCUT2D eigenvalue weighted by molar-refractivity contribution is 7.89. The van der Waals surface area contributed by atoms with E-state index in [-0.39, 0.29) is 11.4 Å². The molecule has 0 aromatic carbocycles. The molecule has 0 unspecified atom stereocenters. The first kappa shape index (κ1) is 16.0. The average molecular weight is 315 g/mol. The quantitative estimate of drug-likeness (QED) is 0.817. The largest absolute Gasteiger partial charge is 0.480 e. The van der Waals surface area contributed by atoms with Gasteiger partial charge in [0.25, 0.3) is 0 Å². The van der Waals surface area contributed by atoms with Crippen molar-refractivity contribution in [3.8, 4) is 0 Å². The van der Waals surface area contributed by atoms with Crippen LogP contribution in [0.25, 0.3) is 0 Å². The molecule has 1 aliphatic rings. The van der Waals surface area contributed by atoms with Crippen LogP contribution in [0.2, 0.25) is 0 Å². The van der Waals surface area contributed by atoms with E-state index in [1.54, 1.807) is 0 Å². The third-order valence-electron chi connectivity index (χ3n) is 3.91. The van der Waals surface area contributed by atoms with Gasteiger partial charge in [-0.15, -0.1) is 0 Å². The molecule has 0 radical (unpaired) electrons. The molecule has 2 N–H and O–H groups in total. The van der Waals surface area contributed by atoms with Crippen LogP contribution in [0.3, 0.4) is 0 Å². The Kier molecular flexibility index (Phi) is 5.00. The Balaban J connectivity index is 1.92. The van der Waals surface area contributed by atoms with Crippen LogP contribution in [0.4, 0.5) is 0 Å². The molecule has 1 fully saturated rings. The van der Waals surface area contributed by atoms with Gasteiger partial charge in [-0.25, -0.2) is 13.1 Å². The summed E-state index contributed by atoms with van der Waals surface area (Å²) in [4.78, 5) is 10.6. The first-order valence-electron chi connectivity index (χ1n) is 7.10. The summed E-state index contributed by atoms with van der Waals surface area (Å²) in [5.41, 5.74) is 0. The maximum absolute atomic E-state index is 12.1. The maximum atomic E-state index is 12.1. The number of hydrogen-bond donors (Lipinski definition) is 2. The minimum absolute atomic E-state index is 0.00734. The standard InChI is InChI=1S/C13H21N3O4S/c1-10-2-4-11(5-3-10)6-15-21(19,20)12-7-14-16(8-12)9-13(17)18/h7-8,10-11,15H,2-6,9H2,1H3,(H,17,18). The van der Waals surface area contributed by atoms with Crippen LogP contribution >= 0.6 is 0 Å². The lowest BCUT2D eigenvalue weighted by Crippen LogP contribution is -2.31. The summed E-state index contributed by atoms with van der Waals surface area (Å²) in [6.07, 6.45) is 6.78. The first-order valence-corrected chi connectivity index (χ1v) is 8.59. The molecule has 0 aliphatic heterocycles. The zero-order valence-corrected chi connectivity index (χ0v) is 12.8. The summed E-state index contributed by atoms with van der Waals surface area (Å²) in [5, 5.41) is 12.4.